The van der Waals surface area contributed by atoms with Gasteiger partial charge in [-0.3, -0.25) is 9.80 Å². The van der Waals surface area contributed by atoms with Crippen LogP contribution in [-0.2, 0) is 0 Å². The number of nitrogens with zero attached hydrogens (tertiary/aromatic N) is 2. The first-order chi connectivity index (χ1) is 23.2. The molecule has 0 bridgehead atoms. The molecule has 0 radical (unpaired) electrons. The Balaban J connectivity index is 3.95. The second-order valence-corrected chi connectivity index (χ2v) is 15.0. The summed E-state index contributed by atoms with van der Waals surface area (Å²) < 4.78 is 0. The molecule has 0 fully saturated rings. The summed E-state index contributed by atoms with van der Waals surface area (Å²) in [5, 5.41) is 19.7. The molecule has 0 saturated heterocycles. The minimum absolute atomic E-state index is 0.224. The molecule has 0 aliphatic heterocycles. The van der Waals surface area contributed by atoms with Gasteiger partial charge in [0, 0.05) is 13.1 Å². The van der Waals surface area contributed by atoms with E-state index >= 15 is 0 Å². The van der Waals surface area contributed by atoms with Crippen LogP contribution in [0, 0.1) is 0 Å². The standard InChI is InChI=1S/C43H90N2O2/c1-4-7-9-11-13-15-17-19-21-23-25-27-29-31-33-35-37-44(39-41-46)43(6-3)45(40-42-47)38-36-34-32-30-28-26-24-22-20-18-16-14-12-10-8-5-2/h43,46-47H,4-42H2,1-3H3. The Kier molecular flexibility index (Phi) is 40.1. The maximum atomic E-state index is 9.84. The van der Waals surface area contributed by atoms with Crippen molar-refractivity contribution in [2.45, 2.75) is 239 Å². The predicted octanol–water partition coefficient (Wildman–Crippen LogP) is 12.8. The summed E-state index contributed by atoms with van der Waals surface area (Å²) >= 11 is 0. The molecule has 47 heavy (non-hydrogen) atoms. The molecule has 0 heterocycles. The molecule has 0 spiro atoms. The second kappa shape index (κ2) is 40.3. The van der Waals surface area contributed by atoms with Crippen molar-refractivity contribution in [1.29, 1.82) is 0 Å². The maximum Gasteiger partial charge on any atom is 0.0621 e. The van der Waals surface area contributed by atoms with Crippen LogP contribution in [0.25, 0.3) is 0 Å². The molecule has 0 rings (SSSR count). The summed E-state index contributed by atoms with van der Waals surface area (Å²) in [6, 6.07) is 0. The highest BCUT2D eigenvalue weighted by Crippen LogP contribution is 2.18. The van der Waals surface area contributed by atoms with E-state index in [1.54, 1.807) is 0 Å². The highest BCUT2D eigenvalue weighted by molar-refractivity contribution is 4.73. The van der Waals surface area contributed by atoms with Gasteiger partial charge in [0.15, 0.2) is 0 Å². The van der Waals surface area contributed by atoms with Gasteiger partial charge in [0.1, 0.15) is 0 Å². The van der Waals surface area contributed by atoms with Crippen LogP contribution in [0.5, 0.6) is 0 Å². The van der Waals surface area contributed by atoms with Gasteiger partial charge in [-0.1, -0.05) is 213 Å². The van der Waals surface area contributed by atoms with E-state index in [1.165, 1.54) is 205 Å². The lowest BCUT2D eigenvalue weighted by Gasteiger charge is -2.39. The summed E-state index contributed by atoms with van der Waals surface area (Å²) in [5.74, 6) is 0. The van der Waals surface area contributed by atoms with Gasteiger partial charge in [0.2, 0.25) is 0 Å². The lowest BCUT2D eigenvalue weighted by molar-refractivity contribution is 0.0160. The smallest absolute Gasteiger partial charge is 0.0621 e. The number of hydrogen-bond donors (Lipinski definition) is 2. The second-order valence-electron chi connectivity index (χ2n) is 15.0. The first-order valence-corrected chi connectivity index (χ1v) is 21.9. The van der Waals surface area contributed by atoms with E-state index in [2.05, 4.69) is 30.6 Å². The first kappa shape index (κ1) is 46.8. The third-order valence-corrected chi connectivity index (χ3v) is 10.6. The maximum absolute atomic E-state index is 9.84. The fraction of sp³-hybridized carbons (Fsp3) is 1.00. The number of aliphatic hydroxyl groups is 2. The van der Waals surface area contributed by atoms with Crippen molar-refractivity contribution in [3.8, 4) is 0 Å². The van der Waals surface area contributed by atoms with Crippen LogP contribution in [0.3, 0.4) is 0 Å². The van der Waals surface area contributed by atoms with Crippen LogP contribution in [0.2, 0.25) is 0 Å². The summed E-state index contributed by atoms with van der Waals surface area (Å²) in [4.78, 5) is 5.01. The Bertz CT molecular complexity index is 514. The van der Waals surface area contributed by atoms with Crippen LogP contribution in [0.4, 0.5) is 0 Å². The number of aliphatic hydroxyl groups excluding tert-OH is 2. The minimum atomic E-state index is 0.224. The molecule has 0 aliphatic rings. The zero-order valence-electron chi connectivity index (χ0n) is 32.9. The first-order valence-electron chi connectivity index (χ1n) is 21.9. The molecule has 0 aromatic rings. The average Bonchev–Trinajstić information content (AvgIpc) is 3.08. The Morgan fingerprint density at radius 2 is 0.511 bits per heavy atom. The summed E-state index contributed by atoms with van der Waals surface area (Å²) in [7, 11) is 0. The van der Waals surface area contributed by atoms with Gasteiger partial charge >= 0.3 is 0 Å². The molecule has 284 valence electrons. The monoisotopic (exact) mass is 667 g/mol. The van der Waals surface area contributed by atoms with Crippen molar-refractivity contribution < 1.29 is 10.2 Å². The number of rotatable bonds is 41. The lowest BCUT2D eigenvalue weighted by Crippen LogP contribution is -2.50. The third-order valence-electron chi connectivity index (χ3n) is 10.6. The van der Waals surface area contributed by atoms with E-state index in [-0.39, 0.29) is 13.2 Å². The van der Waals surface area contributed by atoms with Crippen molar-refractivity contribution >= 4 is 0 Å². The van der Waals surface area contributed by atoms with Gasteiger partial charge in [-0.05, 0) is 32.4 Å². The Morgan fingerprint density at radius 3 is 0.702 bits per heavy atom. The van der Waals surface area contributed by atoms with Crippen molar-refractivity contribution in [1.82, 2.24) is 9.80 Å². The van der Waals surface area contributed by atoms with Crippen molar-refractivity contribution in [2.24, 2.45) is 0 Å². The largest absolute Gasteiger partial charge is 0.395 e. The summed E-state index contributed by atoms with van der Waals surface area (Å²) in [6.07, 6.45) is 46.2. The van der Waals surface area contributed by atoms with Crippen molar-refractivity contribution in [3.05, 3.63) is 0 Å². The number of hydrogen-bond acceptors (Lipinski definition) is 4. The molecule has 4 nitrogen and oxygen atoms in total. The van der Waals surface area contributed by atoms with E-state index in [0.29, 0.717) is 6.17 Å². The van der Waals surface area contributed by atoms with Crippen LogP contribution in [0.1, 0.15) is 233 Å². The number of unbranched alkanes of at least 4 members (excludes halogenated alkanes) is 30. The highest BCUT2D eigenvalue weighted by Gasteiger charge is 2.22. The summed E-state index contributed by atoms with van der Waals surface area (Å²) in [5.41, 5.74) is 0. The van der Waals surface area contributed by atoms with Gasteiger partial charge in [-0.15, -0.1) is 0 Å². The van der Waals surface area contributed by atoms with Gasteiger partial charge in [-0.25, -0.2) is 0 Å². The Morgan fingerprint density at radius 1 is 0.298 bits per heavy atom. The van der Waals surface area contributed by atoms with E-state index in [0.717, 1.165) is 32.6 Å². The molecule has 2 N–H and O–H groups in total. The zero-order valence-corrected chi connectivity index (χ0v) is 32.9. The van der Waals surface area contributed by atoms with E-state index < -0.39 is 0 Å². The molecule has 0 unspecified atom stereocenters. The normalized spacial score (nSPS) is 12.0. The van der Waals surface area contributed by atoms with E-state index in [9.17, 15) is 10.2 Å². The quantitative estimate of drug-likeness (QED) is 0.0503. The molecule has 0 aliphatic carbocycles. The Hall–Kier alpha value is -0.160. The molecule has 0 aromatic heterocycles. The Labute approximate surface area is 297 Å². The highest BCUT2D eigenvalue weighted by atomic mass is 16.3. The topological polar surface area (TPSA) is 46.9 Å². The van der Waals surface area contributed by atoms with E-state index in [4.69, 9.17) is 0 Å². The van der Waals surface area contributed by atoms with Crippen LogP contribution in [0.15, 0.2) is 0 Å². The van der Waals surface area contributed by atoms with Crippen LogP contribution < -0.4 is 0 Å². The van der Waals surface area contributed by atoms with Crippen LogP contribution >= 0.6 is 0 Å². The van der Waals surface area contributed by atoms with Crippen LogP contribution in [-0.4, -0.2) is 65.6 Å². The lowest BCUT2D eigenvalue weighted by atomic mass is 10.0. The molecular weight excluding hydrogens is 576 g/mol. The molecule has 0 aromatic carbocycles. The molecule has 0 amide bonds. The molecule has 4 heteroatoms. The SMILES string of the molecule is CCCCCCCCCCCCCCCCCCN(CCO)C(CC)N(CCO)CCCCCCCCCCCCCCCCCC. The summed E-state index contributed by atoms with van der Waals surface area (Å²) in [6.45, 7) is 11.0. The predicted molar refractivity (Wildman–Crippen MR) is 210 cm³/mol. The molecule has 0 atom stereocenters. The van der Waals surface area contributed by atoms with E-state index in [1.807, 2.05) is 0 Å². The fourth-order valence-electron chi connectivity index (χ4n) is 7.55. The zero-order chi connectivity index (χ0) is 34.3. The van der Waals surface area contributed by atoms with Gasteiger partial charge < -0.3 is 10.2 Å². The fourth-order valence-corrected chi connectivity index (χ4v) is 7.55. The minimum Gasteiger partial charge on any atom is -0.395 e. The van der Waals surface area contributed by atoms with Crippen molar-refractivity contribution in [3.63, 3.8) is 0 Å². The molecule has 0 saturated carbocycles. The van der Waals surface area contributed by atoms with Gasteiger partial charge in [0.05, 0.1) is 19.4 Å². The van der Waals surface area contributed by atoms with Gasteiger partial charge in [-0.2, -0.15) is 0 Å². The van der Waals surface area contributed by atoms with Crippen molar-refractivity contribution in [2.75, 3.05) is 39.4 Å². The van der Waals surface area contributed by atoms with Gasteiger partial charge in [0.25, 0.3) is 0 Å². The molecular formula is C43H90N2O2. The third kappa shape index (κ3) is 32.8. The average molecular weight is 667 g/mol.